The topological polar surface area (TPSA) is 86.3 Å². The SMILES string of the molecule is Cc1noc(C)c1-c1ccc2nc(CCCN3CCOCC3)c(=O)n(Cc3ccccc3)c2n1. The van der Waals surface area contributed by atoms with Gasteiger partial charge in [-0.25, -0.2) is 9.97 Å². The van der Waals surface area contributed by atoms with E-state index >= 15 is 0 Å². The second-order valence-electron chi connectivity index (χ2n) is 8.73. The van der Waals surface area contributed by atoms with Crippen LogP contribution in [-0.4, -0.2) is 57.4 Å². The van der Waals surface area contributed by atoms with Crippen molar-refractivity contribution in [3.8, 4) is 11.3 Å². The quantitative estimate of drug-likeness (QED) is 0.419. The number of hydrogen-bond donors (Lipinski definition) is 0. The van der Waals surface area contributed by atoms with Crippen molar-refractivity contribution in [2.45, 2.75) is 33.2 Å². The molecule has 1 aliphatic rings. The second kappa shape index (κ2) is 9.87. The van der Waals surface area contributed by atoms with Crippen LogP contribution in [0, 0.1) is 13.8 Å². The Bertz CT molecular complexity index is 1320. The smallest absolute Gasteiger partial charge is 0.274 e. The molecule has 34 heavy (non-hydrogen) atoms. The van der Waals surface area contributed by atoms with Gasteiger partial charge in [-0.2, -0.15) is 0 Å². The van der Waals surface area contributed by atoms with Crippen molar-refractivity contribution in [2.24, 2.45) is 0 Å². The summed E-state index contributed by atoms with van der Waals surface area (Å²) >= 11 is 0. The van der Waals surface area contributed by atoms with Gasteiger partial charge in [-0.1, -0.05) is 35.5 Å². The van der Waals surface area contributed by atoms with E-state index in [4.69, 9.17) is 19.2 Å². The van der Waals surface area contributed by atoms with Crippen LogP contribution in [-0.2, 0) is 17.7 Å². The lowest BCUT2D eigenvalue weighted by Crippen LogP contribution is -2.37. The van der Waals surface area contributed by atoms with Gasteiger partial charge in [0.15, 0.2) is 5.65 Å². The van der Waals surface area contributed by atoms with Crippen LogP contribution in [0.25, 0.3) is 22.4 Å². The summed E-state index contributed by atoms with van der Waals surface area (Å²) in [6.07, 6.45) is 1.51. The molecule has 3 aromatic heterocycles. The Balaban J connectivity index is 1.53. The fourth-order valence-corrected chi connectivity index (χ4v) is 4.53. The van der Waals surface area contributed by atoms with Crippen molar-refractivity contribution in [3.63, 3.8) is 0 Å². The molecule has 0 unspecified atom stereocenters. The Morgan fingerprint density at radius 1 is 1.00 bits per heavy atom. The van der Waals surface area contributed by atoms with Crippen molar-refractivity contribution in [3.05, 3.63) is 75.5 Å². The molecule has 0 N–H and O–H groups in total. The summed E-state index contributed by atoms with van der Waals surface area (Å²) in [7, 11) is 0. The highest BCUT2D eigenvalue weighted by Gasteiger charge is 2.18. The van der Waals surface area contributed by atoms with E-state index in [2.05, 4.69) is 10.1 Å². The van der Waals surface area contributed by atoms with E-state index in [1.165, 1.54) is 0 Å². The molecule has 0 amide bonds. The molecule has 4 heterocycles. The van der Waals surface area contributed by atoms with Gasteiger partial charge in [0, 0.05) is 13.1 Å². The lowest BCUT2D eigenvalue weighted by Gasteiger charge is -2.26. The third-order valence-corrected chi connectivity index (χ3v) is 6.32. The minimum absolute atomic E-state index is 0.0817. The van der Waals surface area contributed by atoms with Crippen molar-refractivity contribution < 1.29 is 9.26 Å². The van der Waals surface area contributed by atoms with Crippen LogP contribution in [0.3, 0.4) is 0 Å². The Kier molecular flexibility index (Phi) is 6.51. The van der Waals surface area contributed by atoms with Crippen LogP contribution in [0.2, 0.25) is 0 Å². The normalized spacial score (nSPS) is 14.6. The maximum atomic E-state index is 13.6. The first-order valence-electron chi connectivity index (χ1n) is 11.8. The molecule has 1 aliphatic heterocycles. The number of aromatic nitrogens is 4. The Labute approximate surface area is 198 Å². The van der Waals surface area contributed by atoms with Gasteiger partial charge in [0.25, 0.3) is 5.56 Å². The number of aryl methyl sites for hydroxylation is 3. The summed E-state index contributed by atoms with van der Waals surface area (Å²) < 4.78 is 12.5. The van der Waals surface area contributed by atoms with Gasteiger partial charge in [-0.05, 0) is 50.9 Å². The standard InChI is InChI=1S/C26H29N5O3/c1-18-24(19(2)34-29-18)21-10-11-22-25(28-21)31(17-20-7-4-3-5-8-20)26(32)23(27-22)9-6-12-30-13-15-33-16-14-30/h3-5,7-8,10-11H,6,9,12-17H2,1-2H3. The first-order valence-corrected chi connectivity index (χ1v) is 11.8. The zero-order chi connectivity index (χ0) is 23.5. The van der Waals surface area contributed by atoms with Crippen LogP contribution in [0.1, 0.15) is 29.1 Å². The average Bonchev–Trinajstić information content (AvgIpc) is 3.20. The molecular formula is C26H29N5O3. The first-order chi connectivity index (χ1) is 16.6. The molecule has 0 bridgehead atoms. The van der Waals surface area contributed by atoms with E-state index in [0.717, 1.165) is 61.8 Å². The number of rotatable bonds is 7. The fraction of sp³-hybridized carbons (Fsp3) is 0.385. The highest BCUT2D eigenvalue weighted by molar-refractivity contribution is 5.76. The van der Waals surface area contributed by atoms with Crippen molar-refractivity contribution in [1.29, 1.82) is 0 Å². The van der Waals surface area contributed by atoms with Gasteiger partial charge in [-0.3, -0.25) is 14.3 Å². The van der Waals surface area contributed by atoms with Crippen molar-refractivity contribution in [2.75, 3.05) is 32.8 Å². The number of morpholine rings is 1. The monoisotopic (exact) mass is 459 g/mol. The van der Waals surface area contributed by atoms with Gasteiger partial charge in [0.05, 0.1) is 36.7 Å². The Morgan fingerprint density at radius 3 is 2.53 bits per heavy atom. The molecule has 4 aromatic rings. The van der Waals surface area contributed by atoms with Gasteiger partial charge in [0.2, 0.25) is 0 Å². The molecule has 0 atom stereocenters. The zero-order valence-corrected chi connectivity index (χ0v) is 19.7. The van der Waals surface area contributed by atoms with E-state index in [9.17, 15) is 4.79 Å². The predicted molar refractivity (Wildman–Crippen MR) is 130 cm³/mol. The largest absolute Gasteiger partial charge is 0.379 e. The molecular weight excluding hydrogens is 430 g/mol. The molecule has 1 saturated heterocycles. The van der Waals surface area contributed by atoms with Gasteiger partial charge in [0.1, 0.15) is 17.0 Å². The number of pyridine rings is 1. The highest BCUT2D eigenvalue weighted by atomic mass is 16.5. The second-order valence-corrected chi connectivity index (χ2v) is 8.73. The molecule has 5 rings (SSSR count). The molecule has 1 fully saturated rings. The molecule has 0 spiro atoms. The molecule has 1 aromatic carbocycles. The van der Waals surface area contributed by atoms with Gasteiger partial charge in [-0.15, -0.1) is 0 Å². The van der Waals surface area contributed by atoms with Crippen molar-refractivity contribution in [1.82, 2.24) is 24.6 Å². The average molecular weight is 460 g/mol. The summed E-state index contributed by atoms with van der Waals surface area (Å²) in [6.45, 7) is 8.57. The number of benzene rings is 1. The van der Waals surface area contributed by atoms with Crippen molar-refractivity contribution >= 4 is 11.2 Å². The Morgan fingerprint density at radius 2 is 1.79 bits per heavy atom. The van der Waals surface area contributed by atoms with E-state index in [1.807, 2.05) is 56.3 Å². The maximum Gasteiger partial charge on any atom is 0.274 e. The fourth-order valence-electron chi connectivity index (χ4n) is 4.53. The first kappa shape index (κ1) is 22.4. The molecule has 0 saturated carbocycles. The third kappa shape index (κ3) is 4.64. The number of fused-ring (bicyclic) bond motifs is 1. The van der Waals surface area contributed by atoms with E-state index in [0.29, 0.717) is 35.6 Å². The van der Waals surface area contributed by atoms with Crippen LogP contribution >= 0.6 is 0 Å². The molecule has 0 radical (unpaired) electrons. The molecule has 176 valence electrons. The number of nitrogens with zero attached hydrogens (tertiary/aromatic N) is 5. The molecule has 0 aliphatic carbocycles. The van der Waals surface area contributed by atoms with Crippen LogP contribution in [0.5, 0.6) is 0 Å². The van der Waals surface area contributed by atoms with Gasteiger partial charge < -0.3 is 9.26 Å². The molecule has 8 nitrogen and oxygen atoms in total. The van der Waals surface area contributed by atoms with E-state index < -0.39 is 0 Å². The number of hydrogen-bond acceptors (Lipinski definition) is 7. The summed E-state index contributed by atoms with van der Waals surface area (Å²) in [5.41, 5.74) is 5.19. The van der Waals surface area contributed by atoms with Crippen LogP contribution in [0.4, 0.5) is 0 Å². The lowest BCUT2D eigenvalue weighted by molar-refractivity contribution is 0.0374. The van der Waals surface area contributed by atoms with E-state index in [1.54, 1.807) is 4.57 Å². The predicted octanol–water partition coefficient (Wildman–Crippen LogP) is 3.38. The molecule has 8 heteroatoms. The lowest BCUT2D eigenvalue weighted by atomic mass is 10.1. The summed E-state index contributed by atoms with van der Waals surface area (Å²) in [4.78, 5) is 25.6. The summed E-state index contributed by atoms with van der Waals surface area (Å²) in [5.74, 6) is 0.703. The maximum absolute atomic E-state index is 13.6. The minimum atomic E-state index is -0.0817. The van der Waals surface area contributed by atoms with Gasteiger partial charge >= 0.3 is 0 Å². The highest BCUT2D eigenvalue weighted by Crippen LogP contribution is 2.26. The van der Waals surface area contributed by atoms with Crippen LogP contribution < -0.4 is 5.56 Å². The summed E-state index contributed by atoms with van der Waals surface area (Å²) in [5, 5.41) is 4.06. The minimum Gasteiger partial charge on any atom is -0.379 e. The van der Waals surface area contributed by atoms with Crippen LogP contribution in [0.15, 0.2) is 51.8 Å². The number of ether oxygens (including phenoxy) is 1. The van der Waals surface area contributed by atoms with E-state index in [-0.39, 0.29) is 5.56 Å². The third-order valence-electron chi connectivity index (χ3n) is 6.32. The zero-order valence-electron chi connectivity index (χ0n) is 19.7. The summed E-state index contributed by atoms with van der Waals surface area (Å²) in [6, 6.07) is 13.9. The Hall–Kier alpha value is -3.36.